The molecule has 0 saturated heterocycles. The van der Waals surface area contributed by atoms with E-state index in [9.17, 15) is 10.1 Å². The third-order valence-electron chi connectivity index (χ3n) is 6.36. The van der Waals surface area contributed by atoms with E-state index in [1.54, 1.807) is 25.3 Å². The summed E-state index contributed by atoms with van der Waals surface area (Å²) in [5.74, 6) is 0.0419. The number of ether oxygens (including phenoxy) is 3. The van der Waals surface area contributed by atoms with Gasteiger partial charge in [0.1, 0.15) is 34.8 Å². The second-order valence-corrected chi connectivity index (χ2v) is 8.57. The lowest BCUT2D eigenvalue weighted by atomic mass is 9.83. The fourth-order valence-electron chi connectivity index (χ4n) is 4.57. The minimum Gasteiger partial charge on any atom is -0.497 e. The molecule has 1 atom stereocenters. The van der Waals surface area contributed by atoms with Crippen LogP contribution in [0.3, 0.4) is 0 Å². The topological polar surface area (TPSA) is 94.6 Å². The molecule has 6 nitrogen and oxygen atoms in total. The lowest BCUT2D eigenvalue weighted by Crippen LogP contribution is -2.22. The van der Waals surface area contributed by atoms with Gasteiger partial charge in [0.25, 0.3) is 0 Å². The largest absolute Gasteiger partial charge is 0.497 e. The van der Waals surface area contributed by atoms with E-state index >= 15 is 0 Å². The normalized spacial score (nSPS) is 14.4. The standard InChI is InChI=1S/C31H24N2O4/c1-35-23-14-12-22(13-15-23)29-25-17-16-24(18-27(25)37-30(33)26(29)19-32)36-31(34)28(20-8-4-2-5-9-20)21-10-6-3-7-11-21/h2-18,28-29H,33H2,1H3. The molecule has 0 saturated carbocycles. The summed E-state index contributed by atoms with van der Waals surface area (Å²) in [4.78, 5) is 13.4. The Morgan fingerprint density at radius 3 is 2.05 bits per heavy atom. The number of esters is 1. The van der Waals surface area contributed by atoms with Crippen molar-refractivity contribution in [2.75, 3.05) is 7.11 Å². The summed E-state index contributed by atoms with van der Waals surface area (Å²) < 4.78 is 16.9. The monoisotopic (exact) mass is 488 g/mol. The van der Waals surface area contributed by atoms with Gasteiger partial charge < -0.3 is 19.9 Å². The molecule has 0 aromatic heterocycles. The molecule has 0 amide bonds. The number of fused-ring (bicyclic) bond motifs is 1. The van der Waals surface area contributed by atoms with Gasteiger partial charge in [0.05, 0.1) is 13.0 Å². The van der Waals surface area contributed by atoms with Gasteiger partial charge in [0.15, 0.2) is 0 Å². The zero-order valence-corrected chi connectivity index (χ0v) is 20.1. The first-order valence-electron chi connectivity index (χ1n) is 11.8. The molecule has 0 fully saturated rings. The Balaban J connectivity index is 1.48. The van der Waals surface area contributed by atoms with Gasteiger partial charge in [-0.2, -0.15) is 5.26 Å². The molecule has 0 spiro atoms. The van der Waals surface area contributed by atoms with Crippen LogP contribution in [-0.2, 0) is 4.79 Å². The average molecular weight is 489 g/mol. The molecule has 0 bridgehead atoms. The number of nitrogens with zero attached hydrogens (tertiary/aromatic N) is 1. The quantitative estimate of drug-likeness (QED) is 0.278. The number of benzene rings is 4. The molecule has 2 N–H and O–H groups in total. The van der Waals surface area contributed by atoms with Crippen molar-refractivity contribution in [2.45, 2.75) is 11.8 Å². The van der Waals surface area contributed by atoms with Crippen molar-refractivity contribution >= 4 is 5.97 Å². The van der Waals surface area contributed by atoms with Crippen LogP contribution < -0.4 is 19.9 Å². The minimum absolute atomic E-state index is 0.0192. The summed E-state index contributed by atoms with van der Waals surface area (Å²) >= 11 is 0. The molecule has 0 aliphatic carbocycles. The third kappa shape index (κ3) is 4.75. The molecule has 1 aliphatic heterocycles. The number of nitriles is 1. The van der Waals surface area contributed by atoms with Crippen LogP contribution >= 0.6 is 0 Å². The molecule has 1 heterocycles. The Bertz CT molecular complexity index is 1450. The lowest BCUT2D eigenvalue weighted by Gasteiger charge is -2.27. The summed E-state index contributed by atoms with van der Waals surface area (Å²) in [6, 6.07) is 33.8. The Kier molecular flexibility index (Phi) is 6.60. The molecular formula is C31H24N2O4. The van der Waals surface area contributed by atoms with Crippen molar-refractivity contribution in [1.29, 1.82) is 5.26 Å². The maximum Gasteiger partial charge on any atom is 0.323 e. The fraction of sp³-hybridized carbons (Fsp3) is 0.0968. The fourth-order valence-corrected chi connectivity index (χ4v) is 4.57. The zero-order chi connectivity index (χ0) is 25.8. The van der Waals surface area contributed by atoms with Crippen LogP contribution in [0.15, 0.2) is 115 Å². The maximum atomic E-state index is 13.4. The Labute approximate surface area is 215 Å². The number of nitrogens with two attached hydrogens (primary N) is 1. The lowest BCUT2D eigenvalue weighted by molar-refractivity contribution is -0.135. The van der Waals surface area contributed by atoms with Crippen molar-refractivity contribution in [3.8, 4) is 23.3 Å². The van der Waals surface area contributed by atoms with Gasteiger partial charge in [-0.3, -0.25) is 4.79 Å². The molecule has 4 aromatic carbocycles. The first-order valence-corrected chi connectivity index (χ1v) is 11.8. The second-order valence-electron chi connectivity index (χ2n) is 8.57. The highest BCUT2D eigenvalue weighted by Crippen LogP contribution is 2.44. The van der Waals surface area contributed by atoms with Crippen LogP contribution in [0.5, 0.6) is 17.2 Å². The number of hydrogen-bond donors (Lipinski definition) is 1. The molecule has 5 rings (SSSR count). The van der Waals surface area contributed by atoms with Gasteiger partial charge in [-0.25, -0.2) is 0 Å². The first kappa shape index (κ1) is 23.7. The SMILES string of the molecule is COc1ccc(C2C(C#N)=C(N)Oc3cc(OC(=O)C(c4ccccc4)c4ccccc4)ccc32)cc1. The van der Waals surface area contributed by atoms with E-state index in [1.807, 2.05) is 84.9 Å². The average Bonchev–Trinajstić information content (AvgIpc) is 2.93. The van der Waals surface area contributed by atoms with E-state index in [4.69, 9.17) is 19.9 Å². The molecule has 6 heteroatoms. The molecule has 0 radical (unpaired) electrons. The van der Waals surface area contributed by atoms with Crippen molar-refractivity contribution in [3.05, 3.63) is 137 Å². The van der Waals surface area contributed by atoms with Crippen LogP contribution in [0.2, 0.25) is 0 Å². The molecule has 37 heavy (non-hydrogen) atoms. The second kappa shape index (κ2) is 10.3. The molecular weight excluding hydrogens is 464 g/mol. The highest BCUT2D eigenvalue weighted by molar-refractivity contribution is 5.84. The van der Waals surface area contributed by atoms with E-state index < -0.39 is 17.8 Å². The minimum atomic E-state index is -0.596. The van der Waals surface area contributed by atoms with Crippen molar-refractivity contribution < 1.29 is 19.0 Å². The summed E-state index contributed by atoms with van der Waals surface area (Å²) in [6.07, 6.45) is 0. The van der Waals surface area contributed by atoms with E-state index in [-0.39, 0.29) is 5.88 Å². The molecule has 182 valence electrons. The molecule has 1 aliphatic rings. The van der Waals surface area contributed by atoms with Gasteiger partial charge in [-0.05, 0) is 34.9 Å². The van der Waals surface area contributed by atoms with Crippen molar-refractivity contribution in [2.24, 2.45) is 5.73 Å². The van der Waals surface area contributed by atoms with E-state index in [2.05, 4.69) is 6.07 Å². The van der Waals surface area contributed by atoms with Gasteiger partial charge in [0, 0.05) is 11.6 Å². The van der Waals surface area contributed by atoms with Gasteiger partial charge in [-0.15, -0.1) is 0 Å². The Morgan fingerprint density at radius 1 is 0.892 bits per heavy atom. The van der Waals surface area contributed by atoms with Crippen LogP contribution in [0, 0.1) is 11.3 Å². The predicted octanol–water partition coefficient (Wildman–Crippen LogP) is 5.65. The van der Waals surface area contributed by atoms with E-state index in [0.717, 1.165) is 22.3 Å². The third-order valence-corrected chi connectivity index (χ3v) is 6.36. The highest BCUT2D eigenvalue weighted by Gasteiger charge is 2.32. The number of methoxy groups -OCH3 is 1. The zero-order valence-electron chi connectivity index (χ0n) is 20.1. The van der Waals surface area contributed by atoms with Gasteiger partial charge in [0.2, 0.25) is 5.88 Å². The summed E-state index contributed by atoms with van der Waals surface area (Å²) in [6.45, 7) is 0. The van der Waals surface area contributed by atoms with Crippen LogP contribution in [0.25, 0.3) is 0 Å². The summed E-state index contributed by atoms with van der Waals surface area (Å²) in [7, 11) is 1.60. The number of carbonyl (C=O) groups is 1. The smallest absolute Gasteiger partial charge is 0.323 e. The summed E-state index contributed by atoms with van der Waals surface area (Å²) in [5.41, 5.74) is 9.73. The number of hydrogen-bond acceptors (Lipinski definition) is 6. The van der Waals surface area contributed by atoms with Crippen LogP contribution in [-0.4, -0.2) is 13.1 Å². The molecule has 1 unspecified atom stereocenters. The summed E-state index contributed by atoms with van der Waals surface area (Å²) in [5, 5.41) is 9.81. The number of carbonyl (C=O) groups excluding carboxylic acids is 1. The van der Waals surface area contributed by atoms with Gasteiger partial charge >= 0.3 is 5.97 Å². The van der Waals surface area contributed by atoms with E-state index in [0.29, 0.717) is 22.8 Å². The molecule has 4 aromatic rings. The highest BCUT2D eigenvalue weighted by atomic mass is 16.5. The number of rotatable bonds is 6. The number of allylic oxidation sites excluding steroid dienone is 1. The van der Waals surface area contributed by atoms with Crippen LogP contribution in [0.1, 0.15) is 34.1 Å². The van der Waals surface area contributed by atoms with Crippen molar-refractivity contribution in [3.63, 3.8) is 0 Å². The van der Waals surface area contributed by atoms with Gasteiger partial charge in [-0.1, -0.05) is 78.9 Å². The Hall–Kier alpha value is -5.02. The van der Waals surface area contributed by atoms with Crippen LogP contribution in [0.4, 0.5) is 0 Å². The van der Waals surface area contributed by atoms with Crippen molar-refractivity contribution in [1.82, 2.24) is 0 Å². The Morgan fingerprint density at radius 2 is 1.49 bits per heavy atom. The first-order chi connectivity index (χ1) is 18.1. The predicted molar refractivity (Wildman–Crippen MR) is 139 cm³/mol. The van der Waals surface area contributed by atoms with E-state index in [1.165, 1.54) is 0 Å². The maximum absolute atomic E-state index is 13.4.